The Kier molecular flexibility index (Phi) is 11.9. The Morgan fingerprint density at radius 2 is 1.17 bits per heavy atom. The first kappa shape index (κ1) is 40.2. The molecule has 3 fully saturated rings. The van der Waals surface area contributed by atoms with Gasteiger partial charge in [-0.05, 0) is 92.9 Å². The second-order valence-electron chi connectivity index (χ2n) is 17.3. The Morgan fingerprint density at radius 1 is 0.685 bits per heavy atom. The number of imidazole rings is 2. The summed E-state index contributed by atoms with van der Waals surface area (Å²) in [6.45, 7) is 28.1. The van der Waals surface area contributed by atoms with Gasteiger partial charge in [-0.15, -0.1) is 0 Å². The summed E-state index contributed by atoms with van der Waals surface area (Å²) >= 11 is 0. The summed E-state index contributed by atoms with van der Waals surface area (Å²) < 4.78 is 40.5. The number of rotatable bonds is 8. The number of fused-ring (bicyclic) bond motifs is 2. The van der Waals surface area contributed by atoms with Gasteiger partial charge in [0.15, 0.2) is 28.6 Å². The fourth-order valence-electron chi connectivity index (χ4n) is 7.48. The minimum Gasteiger partial charge on any atom is -0.470 e. The van der Waals surface area contributed by atoms with Gasteiger partial charge >= 0.3 is 0 Å². The largest absolute Gasteiger partial charge is 0.470 e. The van der Waals surface area contributed by atoms with Crippen LogP contribution in [0.1, 0.15) is 126 Å². The third kappa shape index (κ3) is 8.82. The van der Waals surface area contributed by atoms with Crippen molar-refractivity contribution < 1.29 is 28.4 Å². The topological polar surface area (TPSA) is 143 Å². The molecule has 3 unspecified atom stereocenters. The van der Waals surface area contributed by atoms with E-state index in [1.807, 2.05) is 64.5 Å². The summed E-state index contributed by atoms with van der Waals surface area (Å²) in [4.78, 5) is 27.3. The van der Waals surface area contributed by atoms with Gasteiger partial charge < -0.3 is 28.4 Å². The van der Waals surface area contributed by atoms with E-state index in [4.69, 9.17) is 28.4 Å². The van der Waals surface area contributed by atoms with Crippen molar-refractivity contribution in [3.05, 3.63) is 24.3 Å². The van der Waals surface area contributed by atoms with Crippen LogP contribution in [0.25, 0.3) is 22.3 Å². The summed E-state index contributed by atoms with van der Waals surface area (Å²) in [7, 11) is 0. The van der Waals surface area contributed by atoms with E-state index in [0.29, 0.717) is 58.8 Å². The van der Waals surface area contributed by atoms with Crippen LogP contribution in [-0.4, -0.2) is 82.0 Å². The van der Waals surface area contributed by atoms with Gasteiger partial charge in [0.25, 0.3) is 0 Å². The molecule has 0 bridgehead atoms. The highest BCUT2D eigenvalue weighted by Crippen LogP contribution is 2.42. The Hall–Kier alpha value is -3.46. The molecule has 14 nitrogen and oxygen atoms in total. The third-order valence-corrected chi connectivity index (χ3v) is 10.7. The quantitative estimate of drug-likeness (QED) is 0.173. The van der Waals surface area contributed by atoms with Crippen molar-refractivity contribution in [2.75, 3.05) is 13.2 Å². The molecule has 298 valence electrons. The van der Waals surface area contributed by atoms with E-state index < -0.39 is 0 Å². The lowest BCUT2D eigenvalue weighted by molar-refractivity contribution is -0.182. The van der Waals surface area contributed by atoms with E-state index in [9.17, 15) is 0 Å². The SMILES string of the molecule is CC[C@H]1OC(n2cnc3c(OC(C)(C)C)nc(C)nc32)[C@H](C)[C@@H]1C.Cc1nc(OC(C)(C)C)c2ncn(C3O[C@H](COC4CCCCO4)[C@@H](C)[C@H]3C)c2n1. The van der Waals surface area contributed by atoms with Crippen LogP contribution in [0.4, 0.5) is 0 Å². The van der Waals surface area contributed by atoms with Crippen molar-refractivity contribution in [3.63, 3.8) is 0 Å². The average molecular weight is 751 g/mol. The summed E-state index contributed by atoms with van der Waals surface area (Å²) in [6.07, 6.45) is 7.79. The predicted octanol–water partition coefficient (Wildman–Crippen LogP) is 7.92. The van der Waals surface area contributed by atoms with E-state index in [1.165, 1.54) is 0 Å². The van der Waals surface area contributed by atoms with Crippen molar-refractivity contribution in [1.29, 1.82) is 0 Å². The molecule has 4 aromatic heterocycles. The zero-order valence-electron chi connectivity index (χ0n) is 34.6. The molecule has 54 heavy (non-hydrogen) atoms. The van der Waals surface area contributed by atoms with E-state index in [-0.39, 0.29) is 48.1 Å². The van der Waals surface area contributed by atoms with Gasteiger partial charge in [0, 0.05) is 18.4 Å². The molecule has 0 spiro atoms. The van der Waals surface area contributed by atoms with Gasteiger partial charge in [-0.1, -0.05) is 34.6 Å². The second kappa shape index (κ2) is 16.0. The van der Waals surface area contributed by atoms with Crippen LogP contribution in [0, 0.1) is 37.5 Å². The molecular formula is C40H62N8O6. The summed E-state index contributed by atoms with van der Waals surface area (Å²) in [5, 5.41) is 0. The van der Waals surface area contributed by atoms with Crippen LogP contribution in [0.5, 0.6) is 11.8 Å². The average Bonchev–Trinajstić information content (AvgIpc) is 3.84. The minimum atomic E-state index is -0.368. The van der Waals surface area contributed by atoms with Crippen LogP contribution in [-0.2, 0) is 18.9 Å². The normalized spacial score (nSPS) is 29.1. The molecule has 0 N–H and O–H groups in total. The number of hydrogen-bond acceptors (Lipinski definition) is 12. The molecule has 0 amide bonds. The van der Waals surface area contributed by atoms with Crippen molar-refractivity contribution in [2.24, 2.45) is 23.7 Å². The first-order chi connectivity index (χ1) is 25.4. The number of nitrogens with zero attached hydrogens (tertiary/aromatic N) is 8. The van der Waals surface area contributed by atoms with E-state index in [1.54, 1.807) is 12.7 Å². The van der Waals surface area contributed by atoms with Gasteiger partial charge in [0.1, 0.15) is 35.3 Å². The van der Waals surface area contributed by atoms with Crippen LogP contribution in [0.15, 0.2) is 12.7 Å². The zero-order valence-corrected chi connectivity index (χ0v) is 34.6. The smallest absolute Gasteiger partial charge is 0.246 e. The number of hydrogen-bond donors (Lipinski definition) is 0. The molecular weight excluding hydrogens is 688 g/mol. The van der Waals surface area contributed by atoms with Gasteiger partial charge in [-0.25, -0.2) is 19.9 Å². The van der Waals surface area contributed by atoms with Gasteiger partial charge in [0.2, 0.25) is 11.8 Å². The Bertz CT molecular complexity index is 1880. The van der Waals surface area contributed by atoms with Gasteiger partial charge in [-0.3, -0.25) is 9.13 Å². The van der Waals surface area contributed by atoms with Crippen molar-refractivity contribution in [2.45, 2.75) is 158 Å². The summed E-state index contributed by atoms with van der Waals surface area (Å²) in [5.74, 6) is 3.90. The van der Waals surface area contributed by atoms with E-state index in [2.05, 4.69) is 64.5 Å². The zero-order chi connectivity index (χ0) is 39.1. The van der Waals surface area contributed by atoms with Crippen molar-refractivity contribution in [1.82, 2.24) is 39.0 Å². The number of aryl methyl sites for hydroxylation is 2. The van der Waals surface area contributed by atoms with E-state index >= 15 is 0 Å². The monoisotopic (exact) mass is 750 g/mol. The predicted molar refractivity (Wildman–Crippen MR) is 205 cm³/mol. The Balaban J connectivity index is 0.000000189. The van der Waals surface area contributed by atoms with Crippen LogP contribution in [0.3, 0.4) is 0 Å². The first-order valence-electron chi connectivity index (χ1n) is 19.8. The number of aromatic nitrogens is 8. The fourth-order valence-corrected chi connectivity index (χ4v) is 7.48. The fraction of sp³-hybridized carbons (Fsp3) is 0.750. The lowest BCUT2D eigenvalue weighted by atomic mass is 9.91. The van der Waals surface area contributed by atoms with Crippen LogP contribution < -0.4 is 9.47 Å². The molecule has 14 heteroatoms. The van der Waals surface area contributed by atoms with Gasteiger partial charge in [-0.2, -0.15) is 9.97 Å². The van der Waals surface area contributed by atoms with E-state index in [0.717, 1.165) is 43.6 Å². The molecule has 4 aromatic rings. The van der Waals surface area contributed by atoms with Crippen molar-refractivity contribution in [3.8, 4) is 11.8 Å². The number of ether oxygens (including phenoxy) is 6. The molecule has 7 heterocycles. The van der Waals surface area contributed by atoms with Crippen LogP contribution >= 0.6 is 0 Å². The maximum Gasteiger partial charge on any atom is 0.246 e. The highest BCUT2D eigenvalue weighted by atomic mass is 16.7. The highest BCUT2D eigenvalue weighted by Gasteiger charge is 2.42. The molecule has 9 atom stereocenters. The maximum absolute atomic E-state index is 6.45. The molecule has 0 radical (unpaired) electrons. The molecule has 3 aliphatic heterocycles. The summed E-state index contributed by atoms with van der Waals surface area (Å²) in [6, 6.07) is 0. The Labute approximate surface area is 320 Å². The summed E-state index contributed by atoms with van der Waals surface area (Å²) in [5.41, 5.74) is 2.17. The standard InChI is InChI=1S/C22H34N4O4.C18H28N4O2/c1-13-14(2)21(29-16(13)11-28-17-9-7-8-10-27-17)26-12-23-18-19(26)24-15(3)25-20(18)30-22(4,5)6;1-8-13-10(2)11(3)17(23-13)22-9-19-14-15(22)20-12(4)21-16(14)24-18(5,6)7/h12-14,16-17,21H,7-11H2,1-6H3;9-11,13,17H,8H2,1-7H3/t13-,14+,16+,17?,21?;10-,11+,13+,17?/m00/s1. The van der Waals surface area contributed by atoms with Crippen molar-refractivity contribution >= 4 is 22.3 Å². The maximum atomic E-state index is 6.45. The second-order valence-corrected chi connectivity index (χ2v) is 17.3. The highest BCUT2D eigenvalue weighted by molar-refractivity contribution is 5.77. The Morgan fingerprint density at radius 3 is 1.59 bits per heavy atom. The molecule has 0 aliphatic carbocycles. The molecule has 0 saturated carbocycles. The molecule has 0 aromatic carbocycles. The lowest BCUT2D eigenvalue weighted by Crippen LogP contribution is -2.29. The van der Waals surface area contributed by atoms with Crippen LogP contribution in [0.2, 0.25) is 0 Å². The molecule has 3 aliphatic rings. The van der Waals surface area contributed by atoms with Gasteiger partial charge in [0.05, 0.1) is 31.5 Å². The molecule has 3 saturated heterocycles. The lowest BCUT2D eigenvalue weighted by Gasteiger charge is -2.25. The molecule has 7 rings (SSSR count). The third-order valence-electron chi connectivity index (χ3n) is 10.7. The minimum absolute atomic E-state index is 0.00112. The first-order valence-corrected chi connectivity index (χ1v) is 19.8.